The SMILES string of the molecule is CC1(C)CC(OC(=O)CC(C(=O)O)C(=O)OC2CC(C)(C)N(O)C(C)(C)C2)CC(C)(C)N1O. The van der Waals surface area contributed by atoms with Gasteiger partial charge in [-0.3, -0.25) is 14.4 Å². The van der Waals surface area contributed by atoms with Crippen molar-refractivity contribution in [3.05, 3.63) is 0 Å². The van der Waals surface area contributed by atoms with Crippen molar-refractivity contribution in [1.29, 1.82) is 0 Å². The van der Waals surface area contributed by atoms with E-state index in [-0.39, 0.29) is 0 Å². The minimum atomic E-state index is -1.69. The fraction of sp³-hybridized carbons (Fsp3) is 0.870. The molecule has 1 atom stereocenters. The van der Waals surface area contributed by atoms with Crippen molar-refractivity contribution in [1.82, 2.24) is 10.1 Å². The number of nitrogens with zero attached hydrogens (tertiary/aromatic N) is 2. The summed E-state index contributed by atoms with van der Waals surface area (Å²) in [6.07, 6.45) is -0.389. The van der Waals surface area contributed by atoms with Gasteiger partial charge in [0.2, 0.25) is 0 Å². The number of carbonyl (C=O) groups excluding carboxylic acids is 2. The van der Waals surface area contributed by atoms with E-state index in [2.05, 4.69) is 0 Å². The lowest BCUT2D eigenvalue weighted by molar-refractivity contribution is -0.260. The highest BCUT2D eigenvalue weighted by Crippen LogP contribution is 2.39. The summed E-state index contributed by atoms with van der Waals surface area (Å²) in [4.78, 5) is 37.0. The Morgan fingerprint density at radius 2 is 1.09 bits per heavy atom. The lowest BCUT2D eigenvalue weighted by Crippen LogP contribution is -2.61. The molecule has 0 aromatic heterocycles. The summed E-state index contributed by atoms with van der Waals surface area (Å²) in [7, 11) is 0. The molecule has 0 radical (unpaired) electrons. The molecule has 0 amide bonds. The molecule has 10 heteroatoms. The van der Waals surface area contributed by atoms with Gasteiger partial charge in [-0.15, -0.1) is 0 Å². The van der Waals surface area contributed by atoms with Crippen LogP contribution in [0, 0.1) is 5.92 Å². The summed E-state index contributed by atoms with van der Waals surface area (Å²) in [6, 6.07) is 0. The van der Waals surface area contributed by atoms with Crippen LogP contribution in [0.2, 0.25) is 0 Å². The number of ether oxygens (including phenoxy) is 2. The lowest BCUT2D eigenvalue weighted by Gasteiger charge is -2.51. The molecule has 0 aliphatic carbocycles. The Labute approximate surface area is 195 Å². The van der Waals surface area contributed by atoms with Gasteiger partial charge in [-0.25, -0.2) is 0 Å². The lowest BCUT2D eigenvalue weighted by atomic mass is 9.80. The Hall–Kier alpha value is -1.75. The summed E-state index contributed by atoms with van der Waals surface area (Å²) in [5, 5.41) is 32.9. The molecule has 2 aliphatic heterocycles. The standard InChI is InChI=1S/C23H40N2O8/c1-20(2)10-14(11-21(3,4)24(20)30)32-17(26)9-16(18(27)28)19(29)33-15-12-22(5,6)25(31)23(7,8)13-15/h14-16,30-31H,9-13H2,1-8H3,(H,27,28). The van der Waals surface area contributed by atoms with Gasteiger partial charge in [0.25, 0.3) is 0 Å². The van der Waals surface area contributed by atoms with E-state index in [1.54, 1.807) is 27.7 Å². The van der Waals surface area contributed by atoms with E-state index in [0.29, 0.717) is 25.7 Å². The maximum absolute atomic E-state index is 12.7. The van der Waals surface area contributed by atoms with Gasteiger partial charge in [0, 0.05) is 47.8 Å². The molecule has 2 saturated heterocycles. The number of carboxylic acid groups (broad SMARTS) is 1. The first-order valence-electron chi connectivity index (χ1n) is 11.4. The van der Waals surface area contributed by atoms with E-state index in [1.165, 1.54) is 10.1 Å². The van der Waals surface area contributed by atoms with Crippen molar-refractivity contribution < 1.29 is 39.4 Å². The second-order valence-electron chi connectivity index (χ2n) is 12.0. The van der Waals surface area contributed by atoms with Crippen LogP contribution in [0.15, 0.2) is 0 Å². The van der Waals surface area contributed by atoms with E-state index in [4.69, 9.17) is 9.47 Å². The zero-order valence-corrected chi connectivity index (χ0v) is 21.0. The summed E-state index contributed by atoms with van der Waals surface area (Å²) >= 11 is 0. The fourth-order valence-corrected chi connectivity index (χ4v) is 5.44. The largest absolute Gasteiger partial charge is 0.481 e. The van der Waals surface area contributed by atoms with E-state index in [1.807, 2.05) is 27.7 Å². The molecular weight excluding hydrogens is 432 g/mol. The summed E-state index contributed by atoms with van der Waals surface area (Å²) < 4.78 is 11.0. The third-order valence-electron chi connectivity index (χ3n) is 6.74. The molecule has 190 valence electrons. The van der Waals surface area contributed by atoms with E-state index >= 15 is 0 Å². The molecule has 2 heterocycles. The van der Waals surface area contributed by atoms with Crippen molar-refractivity contribution in [3.63, 3.8) is 0 Å². The normalized spacial score (nSPS) is 26.4. The van der Waals surface area contributed by atoms with Crippen molar-refractivity contribution in [2.45, 2.75) is 122 Å². The third-order valence-corrected chi connectivity index (χ3v) is 6.74. The molecule has 0 saturated carbocycles. The van der Waals surface area contributed by atoms with E-state index in [0.717, 1.165) is 0 Å². The number of esters is 2. The van der Waals surface area contributed by atoms with Gasteiger partial charge in [-0.05, 0) is 55.4 Å². The highest BCUT2D eigenvalue weighted by atomic mass is 16.6. The van der Waals surface area contributed by atoms with Crippen LogP contribution < -0.4 is 0 Å². The Morgan fingerprint density at radius 1 is 0.758 bits per heavy atom. The van der Waals surface area contributed by atoms with E-state index in [9.17, 15) is 29.9 Å². The van der Waals surface area contributed by atoms with Crippen LogP contribution in [-0.2, 0) is 23.9 Å². The first-order chi connectivity index (χ1) is 14.8. The summed E-state index contributed by atoms with van der Waals surface area (Å²) in [6.45, 7) is 14.5. The number of hydroxylamine groups is 4. The Morgan fingerprint density at radius 3 is 1.42 bits per heavy atom. The Balaban J connectivity index is 2.03. The van der Waals surface area contributed by atoms with Gasteiger partial charge in [-0.1, -0.05) is 0 Å². The zero-order valence-electron chi connectivity index (χ0n) is 21.0. The number of rotatable bonds is 6. The molecule has 2 fully saturated rings. The topological polar surface area (TPSA) is 137 Å². The van der Waals surface area contributed by atoms with Crippen LogP contribution in [0.5, 0.6) is 0 Å². The van der Waals surface area contributed by atoms with Gasteiger partial charge in [0.15, 0.2) is 5.92 Å². The summed E-state index contributed by atoms with van der Waals surface area (Å²) in [5.74, 6) is -4.93. The second-order valence-corrected chi connectivity index (χ2v) is 12.0. The summed E-state index contributed by atoms with van der Waals surface area (Å²) in [5.41, 5.74) is -2.63. The quantitative estimate of drug-likeness (QED) is 0.391. The van der Waals surface area contributed by atoms with Gasteiger partial charge < -0.3 is 25.0 Å². The predicted octanol–water partition coefficient (Wildman–Crippen LogP) is 2.99. The molecule has 0 spiro atoms. The van der Waals surface area contributed by atoms with Gasteiger partial charge in [0.05, 0.1) is 6.42 Å². The van der Waals surface area contributed by atoms with Crippen LogP contribution in [0.25, 0.3) is 0 Å². The number of piperidine rings is 2. The van der Waals surface area contributed by atoms with Crippen molar-refractivity contribution >= 4 is 17.9 Å². The molecule has 10 nitrogen and oxygen atoms in total. The molecule has 3 N–H and O–H groups in total. The van der Waals surface area contributed by atoms with Gasteiger partial charge in [-0.2, -0.15) is 10.1 Å². The molecule has 1 unspecified atom stereocenters. The van der Waals surface area contributed by atoms with Gasteiger partial charge in [0.1, 0.15) is 12.2 Å². The fourth-order valence-electron chi connectivity index (χ4n) is 5.44. The minimum absolute atomic E-state index is 0.319. The van der Waals surface area contributed by atoms with Crippen molar-refractivity contribution in [2.24, 2.45) is 5.92 Å². The van der Waals surface area contributed by atoms with Crippen LogP contribution in [0.3, 0.4) is 0 Å². The van der Waals surface area contributed by atoms with Gasteiger partial charge >= 0.3 is 17.9 Å². The van der Waals surface area contributed by atoms with Crippen LogP contribution in [0.1, 0.15) is 87.5 Å². The third kappa shape index (κ3) is 6.23. The van der Waals surface area contributed by atoms with E-state index < -0.39 is 64.6 Å². The molecular formula is C23H40N2O8. The maximum Gasteiger partial charge on any atom is 0.321 e. The first kappa shape index (κ1) is 27.5. The number of carbonyl (C=O) groups is 3. The highest BCUT2D eigenvalue weighted by Gasteiger charge is 2.48. The number of aliphatic carboxylic acids is 1. The second kappa shape index (κ2) is 9.13. The molecule has 2 rings (SSSR count). The van der Waals surface area contributed by atoms with Crippen LogP contribution >= 0.6 is 0 Å². The smallest absolute Gasteiger partial charge is 0.321 e. The predicted molar refractivity (Wildman–Crippen MR) is 118 cm³/mol. The van der Waals surface area contributed by atoms with Crippen LogP contribution in [-0.4, -0.2) is 77.9 Å². The Kier molecular flexibility index (Phi) is 7.60. The average molecular weight is 473 g/mol. The van der Waals surface area contributed by atoms with Crippen molar-refractivity contribution in [3.8, 4) is 0 Å². The number of carboxylic acids is 1. The van der Waals surface area contributed by atoms with Crippen molar-refractivity contribution in [2.75, 3.05) is 0 Å². The Bertz CT molecular complexity index is 740. The average Bonchev–Trinajstić information content (AvgIpc) is 2.60. The highest BCUT2D eigenvalue weighted by molar-refractivity contribution is 5.97. The zero-order chi connectivity index (χ0) is 25.6. The molecule has 0 aromatic carbocycles. The molecule has 2 aliphatic rings. The molecule has 33 heavy (non-hydrogen) atoms. The van der Waals surface area contributed by atoms with Crippen LogP contribution in [0.4, 0.5) is 0 Å². The number of hydrogen-bond acceptors (Lipinski definition) is 9. The number of hydrogen-bond donors (Lipinski definition) is 3. The maximum atomic E-state index is 12.7. The molecule has 0 aromatic rings. The monoisotopic (exact) mass is 472 g/mol. The minimum Gasteiger partial charge on any atom is -0.481 e. The first-order valence-corrected chi connectivity index (χ1v) is 11.4. The molecule has 0 bridgehead atoms.